The molecule has 0 bridgehead atoms. The van der Waals surface area contributed by atoms with Gasteiger partial charge in [-0.05, 0) is 101 Å². The Labute approximate surface area is 308 Å². The normalized spacial score (nSPS) is 17.0. The molecule has 4 aromatic rings. The summed E-state index contributed by atoms with van der Waals surface area (Å²) in [6, 6.07) is 14.9. The van der Waals surface area contributed by atoms with Gasteiger partial charge in [0.2, 0.25) is 0 Å². The Morgan fingerprint density at radius 2 is 1.73 bits per heavy atom. The number of aromatic nitrogens is 4. The monoisotopic (exact) mass is 726 g/mol. The zero-order chi connectivity index (χ0) is 36.9. The van der Waals surface area contributed by atoms with E-state index in [0.29, 0.717) is 37.8 Å². The summed E-state index contributed by atoms with van der Waals surface area (Å²) in [5, 5.41) is 7.06. The first-order chi connectivity index (χ1) is 24.8. The zero-order valence-electron chi connectivity index (χ0n) is 31.6. The van der Waals surface area contributed by atoms with Gasteiger partial charge in [-0.2, -0.15) is 0 Å². The molecule has 5 heterocycles. The number of hydrogen-bond donors (Lipinski definition) is 2. The quantitative estimate of drug-likeness (QED) is 0.116. The van der Waals surface area contributed by atoms with Gasteiger partial charge in [0.25, 0.3) is 5.91 Å². The van der Waals surface area contributed by atoms with Crippen molar-refractivity contribution >= 4 is 42.6 Å². The standard InChI is InChI=1S/C39H54N8O4Si/c1-39(2,3)51-38(49)44-31-10-9-17-45(25-31)24-28-15-16-40-33(22-28)37(48)43-30-13-11-29(12-14-30)34-23-32-35(46-18-7-8-19-46)41-26-42-36(32)47(34)27-50-20-21-52(4,5)6/h11-16,22-23,26,31H,7-10,17-21,24-25,27H2,1-6H3,(H,43,48)(H,44,49)/t31-/m1/s1. The molecule has 2 N–H and O–H groups in total. The number of hydrogen-bond acceptors (Lipinski definition) is 9. The lowest BCUT2D eigenvalue weighted by atomic mass is 10.0. The van der Waals surface area contributed by atoms with Gasteiger partial charge in [0, 0.05) is 58.8 Å². The number of carbonyl (C=O) groups is 2. The van der Waals surface area contributed by atoms with Crippen molar-refractivity contribution in [2.75, 3.05) is 43.0 Å². The number of carbonyl (C=O) groups excluding carboxylic acids is 2. The SMILES string of the molecule is CC(C)(C)OC(=O)N[C@@H]1CCCN(Cc2ccnc(C(=O)Nc3ccc(-c4cc5c(N6CCCC6)ncnc5n4COCC[Si](C)(C)C)cc3)c2)C1. The molecule has 0 aliphatic carbocycles. The molecule has 0 spiro atoms. The Morgan fingerprint density at radius 1 is 0.962 bits per heavy atom. The van der Waals surface area contributed by atoms with Crippen molar-refractivity contribution < 1.29 is 19.1 Å². The minimum Gasteiger partial charge on any atom is -0.444 e. The predicted octanol–water partition coefficient (Wildman–Crippen LogP) is 7.15. The fourth-order valence-corrected chi connectivity index (χ4v) is 7.56. The van der Waals surface area contributed by atoms with Crippen molar-refractivity contribution in [3.8, 4) is 11.3 Å². The average Bonchev–Trinajstić information content (AvgIpc) is 3.75. The minimum atomic E-state index is -1.23. The van der Waals surface area contributed by atoms with Crippen LogP contribution < -0.4 is 15.5 Å². The first-order valence-electron chi connectivity index (χ1n) is 18.6. The lowest BCUT2D eigenvalue weighted by molar-refractivity contribution is 0.0470. The van der Waals surface area contributed by atoms with E-state index in [2.05, 4.69) is 55.7 Å². The first-order valence-corrected chi connectivity index (χ1v) is 22.3. The van der Waals surface area contributed by atoms with E-state index in [9.17, 15) is 9.59 Å². The lowest BCUT2D eigenvalue weighted by Gasteiger charge is -2.33. The van der Waals surface area contributed by atoms with E-state index >= 15 is 0 Å². The number of piperidine rings is 1. The molecule has 278 valence electrons. The van der Waals surface area contributed by atoms with E-state index < -0.39 is 13.7 Å². The van der Waals surface area contributed by atoms with Crippen LogP contribution in [0.2, 0.25) is 25.7 Å². The number of rotatable bonds is 12. The van der Waals surface area contributed by atoms with Crippen LogP contribution in [0.25, 0.3) is 22.3 Å². The highest BCUT2D eigenvalue weighted by atomic mass is 28.3. The Morgan fingerprint density at radius 3 is 2.46 bits per heavy atom. The van der Waals surface area contributed by atoms with Crippen LogP contribution in [-0.2, 0) is 22.7 Å². The highest BCUT2D eigenvalue weighted by Gasteiger charge is 2.25. The Balaban J connectivity index is 1.13. The molecule has 12 nitrogen and oxygen atoms in total. The second-order valence-corrected chi connectivity index (χ2v) is 21.9. The number of nitrogens with zero attached hydrogens (tertiary/aromatic N) is 6. The Bertz CT molecular complexity index is 1840. The van der Waals surface area contributed by atoms with Crippen molar-refractivity contribution in [1.29, 1.82) is 0 Å². The van der Waals surface area contributed by atoms with Crippen molar-refractivity contribution in [2.45, 2.75) is 97.1 Å². The maximum absolute atomic E-state index is 13.4. The average molecular weight is 727 g/mol. The van der Waals surface area contributed by atoms with Crippen LogP contribution >= 0.6 is 0 Å². The molecule has 1 aromatic carbocycles. The second kappa shape index (κ2) is 16.1. The number of amides is 2. The highest BCUT2D eigenvalue weighted by molar-refractivity contribution is 6.76. The van der Waals surface area contributed by atoms with Gasteiger partial charge in [-0.3, -0.25) is 14.7 Å². The number of anilines is 2. The maximum atomic E-state index is 13.4. The highest BCUT2D eigenvalue weighted by Crippen LogP contribution is 2.34. The van der Waals surface area contributed by atoms with Crippen LogP contribution in [0.15, 0.2) is 55.0 Å². The molecule has 6 rings (SSSR count). The van der Waals surface area contributed by atoms with E-state index in [-0.39, 0.29) is 18.0 Å². The molecule has 52 heavy (non-hydrogen) atoms. The molecule has 0 saturated carbocycles. The third-order valence-electron chi connectivity index (χ3n) is 9.42. The van der Waals surface area contributed by atoms with Crippen molar-refractivity contribution in [3.05, 3.63) is 66.2 Å². The van der Waals surface area contributed by atoms with Gasteiger partial charge in [-0.1, -0.05) is 31.8 Å². The number of benzene rings is 1. The van der Waals surface area contributed by atoms with Crippen LogP contribution in [0.5, 0.6) is 0 Å². The van der Waals surface area contributed by atoms with Crippen molar-refractivity contribution in [1.82, 2.24) is 29.7 Å². The van der Waals surface area contributed by atoms with Crippen LogP contribution in [-0.4, -0.2) is 88.9 Å². The number of alkyl carbamates (subject to hydrolysis) is 1. The summed E-state index contributed by atoms with van der Waals surface area (Å²) < 4.78 is 13.8. The van der Waals surface area contributed by atoms with Gasteiger partial charge in [0.15, 0.2) is 0 Å². The topological polar surface area (TPSA) is 127 Å². The third kappa shape index (κ3) is 9.96. The number of likely N-dealkylation sites (tertiary alicyclic amines) is 1. The maximum Gasteiger partial charge on any atom is 0.407 e. The van der Waals surface area contributed by atoms with Gasteiger partial charge in [0.05, 0.1) is 11.1 Å². The molecule has 1 atom stereocenters. The lowest BCUT2D eigenvalue weighted by Crippen LogP contribution is -2.48. The molecule has 2 fully saturated rings. The van der Waals surface area contributed by atoms with Crippen LogP contribution in [0.4, 0.5) is 16.3 Å². The number of nitrogens with one attached hydrogen (secondary N) is 2. The molecule has 13 heteroatoms. The molecule has 0 radical (unpaired) electrons. The second-order valence-electron chi connectivity index (χ2n) is 16.2. The van der Waals surface area contributed by atoms with Crippen LogP contribution in [0, 0.1) is 0 Å². The molecular weight excluding hydrogens is 673 g/mol. The number of pyridine rings is 1. The molecule has 2 aliphatic heterocycles. The summed E-state index contributed by atoms with van der Waals surface area (Å²) in [7, 11) is -1.23. The van der Waals surface area contributed by atoms with E-state index in [1.54, 1.807) is 12.5 Å². The molecule has 2 aliphatic rings. The van der Waals surface area contributed by atoms with E-state index in [1.165, 1.54) is 12.8 Å². The minimum absolute atomic E-state index is 0.0139. The molecule has 2 saturated heterocycles. The van der Waals surface area contributed by atoms with Gasteiger partial charge in [-0.25, -0.2) is 14.8 Å². The fraction of sp³-hybridized carbons (Fsp3) is 0.513. The number of fused-ring (bicyclic) bond motifs is 1. The smallest absolute Gasteiger partial charge is 0.407 e. The molecule has 0 unspecified atom stereocenters. The van der Waals surface area contributed by atoms with Crippen molar-refractivity contribution in [3.63, 3.8) is 0 Å². The van der Waals surface area contributed by atoms with Gasteiger partial charge < -0.3 is 29.6 Å². The zero-order valence-corrected chi connectivity index (χ0v) is 32.6. The van der Waals surface area contributed by atoms with E-state index in [0.717, 1.165) is 72.2 Å². The Hall–Kier alpha value is -4.33. The van der Waals surface area contributed by atoms with Gasteiger partial charge in [0.1, 0.15) is 35.8 Å². The van der Waals surface area contributed by atoms with E-state index in [1.807, 2.05) is 57.2 Å². The van der Waals surface area contributed by atoms with Crippen LogP contribution in [0.3, 0.4) is 0 Å². The number of ether oxygens (including phenoxy) is 2. The van der Waals surface area contributed by atoms with Crippen LogP contribution in [0.1, 0.15) is 62.5 Å². The fourth-order valence-electron chi connectivity index (χ4n) is 6.80. The summed E-state index contributed by atoms with van der Waals surface area (Å²) >= 11 is 0. The van der Waals surface area contributed by atoms with Gasteiger partial charge >= 0.3 is 6.09 Å². The molecule has 3 aromatic heterocycles. The summed E-state index contributed by atoms with van der Waals surface area (Å²) in [5.74, 6) is 0.703. The summed E-state index contributed by atoms with van der Waals surface area (Å²) in [4.78, 5) is 44.1. The van der Waals surface area contributed by atoms with Crippen molar-refractivity contribution in [2.24, 2.45) is 0 Å². The summed E-state index contributed by atoms with van der Waals surface area (Å²) in [6.07, 6.45) is 7.15. The summed E-state index contributed by atoms with van der Waals surface area (Å²) in [6.45, 7) is 18.0. The van der Waals surface area contributed by atoms with Gasteiger partial charge in [-0.15, -0.1) is 0 Å². The third-order valence-corrected chi connectivity index (χ3v) is 11.1. The summed E-state index contributed by atoms with van der Waals surface area (Å²) in [5.41, 5.74) is 4.35. The van der Waals surface area contributed by atoms with E-state index in [4.69, 9.17) is 19.4 Å². The molecule has 2 amide bonds. The largest absolute Gasteiger partial charge is 0.444 e. The Kier molecular flexibility index (Phi) is 11.6. The first kappa shape index (κ1) is 37.4. The predicted molar refractivity (Wildman–Crippen MR) is 208 cm³/mol. The molecular formula is C39H54N8O4Si.